The number of amides is 2. The fourth-order valence-corrected chi connectivity index (χ4v) is 2.91. The summed E-state index contributed by atoms with van der Waals surface area (Å²) in [5, 5.41) is 3.20. The lowest BCUT2D eigenvalue weighted by Crippen LogP contribution is -2.25. The minimum Gasteiger partial charge on any atom is -0.451 e. The third kappa shape index (κ3) is 3.82. The molecular formula is C20H19N3O4. The average molecular weight is 365 g/mol. The van der Waals surface area contributed by atoms with Crippen molar-refractivity contribution >= 4 is 34.4 Å². The molecule has 7 nitrogen and oxygen atoms in total. The number of hydrogen-bond acceptors (Lipinski definition) is 4. The van der Waals surface area contributed by atoms with E-state index in [1.54, 1.807) is 6.92 Å². The number of para-hydroxylation sites is 1. The molecule has 0 radical (unpaired) electrons. The van der Waals surface area contributed by atoms with Crippen molar-refractivity contribution in [1.82, 2.24) is 4.98 Å². The Morgan fingerprint density at radius 1 is 1.07 bits per heavy atom. The van der Waals surface area contributed by atoms with E-state index in [-0.39, 0.29) is 11.3 Å². The van der Waals surface area contributed by atoms with Gasteiger partial charge in [-0.05, 0) is 44.2 Å². The highest BCUT2D eigenvalue weighted by atomic mass is 16.5. The summed E-state index contributed by atoms with van der Waals surface area (Å²) < 4.78 is 5.33. The maximum atomic E-state index is 12.8. The number of ether oxygens (including phenoxy) is 1. The second kappa shape index (κ2) is 7.33. The molecule has 0 saturated carbocycles. The van der Waals surface area contributed by atoms with Crippen molar-refractivity contribution in [1.29, 1.82) is 0 Å². The van der Waals surface area contributed by atoms with Gasteiger partial charge in [-0.25, -0.2) is 9.59 Å². The van der Waals surface area contributed by atoms with Crippen LogP contribution in [0, 0.1) is 6.92 Å². The van der Waals surface area contributed by atoms with Gasteiger partial charge in [0.1, 0.15) is 0 Å². The Hall–Kier alpha value is -3.61. The zero-order chi connectivity index (χ0) is 19.6. The lowest BCUT2D eigenvalue weighted by molar-refractivity contribution is 0.0319. The number of anilines is 1. The molecule has 0 saturated heterocycles. The van der Waals surface area contributed by atoms with Gasteiger partial charge in [0.2, 0.25) is 5.78 Å². The molecule has 2 aromatic carbocycles. The number of Topliss-reactive ketones (excluding diaryl/α,β-unsaturated/α-hetero) is 1. The number of carbonyl (C=O) groups excluding carboxylic acids is 3. The molecular weight excluding hydrogens is 346 g/mol. The lowest BCUT2D eigenvalue weighted by Gasteiger charge is -2.13. The molecule has 0 bridgehead atoms. The SMILES string of the molecule is Cc1[nH]c2ccccc2c1C(=O)C(C)OC(=O)c1ccc(NC(N)=O)cc1. The predicted octanol–water partition coefficient (Wildman–Crippen LogP) is 3.40. The summed E-state index contributed by atoms with van der Waals surface area (Å²) >= 11 is 0. The molecule has 0 fully saturated rings. The van der Waals surface area contributed by atoms with Gasteiger partial charge in [0.05, 0.1) is 5.56 Å². The van der Waals surface area contributed by atoms with Gasteiger partial charge in [0.15, 0.2) is 6.10 Å². The number of H-pyrrole nitrogens is 1. The number of carbonyl (C=O) groups is 3. The number of aromatic amines is 1. The normalized spacial score (nSPS) is 11.8. The fourth-order valence-electron chi connectivity index (χ4n) is 2.91. The largest absolute Gasteiger partial charge is 0.451 e. The summed E-state index contributed by atoms with van der Waals surface area (Å²) in [4.78, 5) is 39.1. The highest BCUT2D eigenvalue weighted by Gasteiger charge is 2.24. The van der Waals surface area contributed by atoms with E-state index in [2.05, 4.69) is 10.3 Å². The average Bonchev–Trinajstić information content (AvgIpc) is 2.96. The minimum atomic E-state index is -0.946. The summed E-state index contributed by atoms with van der Waals surface area (Å²) in [6, 6.07) is 12.8. The number of aryl methyl sites for hydroxylation is 1. The number of aromatic nitrogens is 1. The number of fused-ring (bicyclic) bond motifs is 1. The van der Waals surface area contributed by atoms with Gasteiger partial charge < -0.3 is 20.8 Å². The molecule has 27 heavy (non-hydrogen) atoms. The Morgan fingerprint density at radius 2 is 1.74 bits per heavy atom. The van der Waals surface area contributed by atoms with Crippen LogP contribution in [0.15, 0.2) is 48.5 Å². The second-order valence-corrected chi connectivity index (χ2v) is 6.15. The van der Waals surface area contributed by atoms with E-state index in [4.69, 9.17) is 10.5 Å². The van der Waals surface area contributed by atoms with Crippen LogP contribution in [0.4, 0.5) is 10.5 Å². The maximum absolute atomic E-state index is 12.8. The predicted molar refractivity (Wildman–Crippen MR) is 102 cm³/mol. The molecule has 0 aliphatic heterocycles. The Bertz CT molecular complexity index is 1020. The molecule has 1 unspecified atom stereocenters. The highest BCUT2D eigenvalue weighted by Crippen LogP contribution is 2.24. The van der Waals surface area contributed by atoms with E-state index in [9.17, 15) is 14.4 Å². The van der Waals surface area contributed by atoms with Crippen molar-refractivity contribution in [2.24, 2.45) is 5.73 Å². The number of ketones is 1. The molecule has 3 rings (SSSR count). The summed E-state index contributed by atoms with van der Waals surface area (Å²) in [7, 11) is 0. The number of urea groups is 1. The van der Waals surface area contributed by atoms with Crippen LogP contribution in [0.25, 0.3) is 10.9 Å². The Kier molecular flexibility index (Phi) is 4.94. The molecule has 1 aromatic heterocycles. The van der Waals surface area contributed by atoms with Crippen molar-refractivity contribution in [2.45, 2.75) is 20.0 Å². The summed E-state index contributed by atoms with van der Waals surface area (Å²) in [5.74, 6) is -0.899. The van der Waals surface area contributed by atoms with Gasteiger partial charge in [-0.2, -0.15) is 0 Å². The number of hydrogen-bond donors (Lipinski definition) is 3. The number of rotatable bonds is 5. The second-order valence-electron chi connectivity index (χ2n) is 6.15. The number of nitrogens with one attached hydrogen (secondary N) is 2. The minimum absolute atomic E-state index is 0.264. The first-order valence-corrected chi connectivity index (χ1v) is 8.36. The van der Waals surface area contributed by atoms with Crippen molar-refractivity contribution < 1.29 is 19.1 Å². The Balaban J connectivity index is 1.75. The number of benzene rings is 2. The fraction of sp³-hybridized carbons (Fsp3) is 0.150. The third-order valence-electron chi connectivity index (χ3n) is 4.18. The molecule has 7 heteroatoms. The number of esters is 1. The van der Waals surface area contributed by atoms with E-state index in [0.717, 1.165) is 16.6 Å². The van der Waals surface area contributed by atoms with E-state index >= 15 is 0 Å². The first-order valence-electron chi connectivity index (χ1n) is 8.36. The van der Waals surface area contributed by atoms with Crippen LogP contribution in [0.2, 0.25) is 0 Å². The van der Waals surface area contributed by atoms with Crippen LogP contribution in [0.3, 0.4) is 0 Å². The molecule has 0 spiro atoms. The first-order chi connectivity index (χ1) is 12.9. The quantitative estimate of drug-likeness (QED) is 0.475. The van der Waals surface area contributed by atoms with Crippen LogP contribution >= 0.6 is 0 Å². The monoisotopic (exact) mass is 365 g/mol. The van der Waals surface area contributed by atoms with Crippen LogP contribution in [0.1, 0.15) is 33.3 Å². The van der Waals surface area contributed by atoms with Gasteiger partial charge in [0, 0.05) is 27.8 Å². The van der Waals surface area contributed by atoms with Gasteiger partial charge in [-0.1, -0.05) is 18.2 Å². The van der Waals surface area contributed by atoms with Gasteiger partial charge in [0.25, 0.3) is 0 Å². The first kappa shape index (κ1) is 18.2. The number of primary amides is 1. The van der Waals surface area contributed by atoms with Crippen LogP contribution in [-0.4, -0.2) is 28.9 Å². The molecule has 4 N–H and O–H groups in total. The topological polar surface area (TPSA) is 114 Å². The smallest absolute Gasteiger partial charge is 0.338 e. The lowest BCUT2D eigenvalue weighted by atomic mass is 10.0. The van der Waals surface area contributed by atoms with E-state index in [0.29, 0.717) is 11.3 Å². The summed E-state index contributed by atoms with van der Waals surface area (Å²) in [6.07, 6.45) is -0.946. The van der Waals surface area contributed by atoms with Crippen LogP contribution in [0.5, 0.6) is 0 Å². The van der Waals surface area contributed by atoms with Gasteiger partial charge in [-0.15, -0.1) is 0 Å². The van der Waals surface area contributed by atoms with Crippen molar-refractivity contribution in [3.8, 4) is 0 Å². The van der Waals surface area contributed by atoms with Gasteiger partial charge in [-0.3, -0.25) is 4.79 Å². The summed E-state index contributed by atoms with van der Waals surface area (Å²) in [5.41, 5.74) is 7.86. The molecule has 0 aliphatic carbocycles. The Morgan fingerprint density at radius 3 is 2.41 bits per heavy atom. The van der Waals surface area contributed by atoms with Crippen molar-refractivity contribution in [2.75, 3.05) is 5.32 Å². The van der Waals surface area contributed by atoms with Crippen LogP contribution < -0.4 is 11.1 Å². The van der Waals surface area contributed by atoms with Crippen molar-refractivity contribution in [3.63, 3.8) is 0 Å². The molecule has 3 aromatic rings. The number of nitrogens with two attached hydrogens (primary N) is 1. The zero-order valence-electron chi connectivity index (χ0n) is 14.9. The van der Waals surface area contributed by atoms with E-state index in [1.165, 1.54) is 24.3 Å². The Labute approximate surface area is 155 Å². The molecule has 1 atom stereocenters. The molecule has 0 aliphatic rings. The van der Waals surface area contributed by atoms with Gasteiger partial charge >= 0.3 is 12.0 Å². The third-order valence-corrected chi connectivity index (χ3v) is 4.18. The van der Waals surface area contributed by atoms with Crippen molar-refractivity contribution in [3.05, 3.63) is 65.4 Å². The molecule has 138 valence electrons. The van der Waals surface area contributed by atoms with E-state index in [1.807, 2.05) is 31.2 Å². The summed E-state index contributed by atoms with van der Waals surface area (Å²) in [6.45, 7) is 3.36. The zero-order valence-corrected chi connectivity index (χ0v) is 14.9. The molecule has 1 heterocycles. The highest BCUT2D eigenvalue weighted by molar-refractivity contribution is 6.11. The standard InChI is InChI=1S/C20H19N3O4/c1-11-17(15-5-3-4-6-16(15)22-11)18(24)12(2)27-19(25)13-7-9-14(10-8-13)23-20(21)26/h3-10,12,22H,1-2H3,(H3,21,23,26). The van der Waals surface area contributed by atoms with Crippen LogP contribution in [-0.2, 0) is 4.74 Å². The maximum Gasteiger partial charge on any atom is 0.338 e. The molecule has 2 amide bonds. The van der Waals surface area contributed by atoms with E-state index < -0.39 is 18.1 Å².